The topological polar surface area (TPSA) is 61.4 Å². The summed E-state index contributed by atoms with van der Waals surface area (Å²) in [6.07, 6.45) is 0. The number of hydrogen-bond donors (Lipinski definition) is 2. The first-order valence-corrected chi connectivity index (χ1v) is 7.50. The summed E-state index contributed by atoms with van der Waals surface area (Å²) in [4.78, 5) is 25.3. The third kappa shape index (κ3) is 7.82. The highest BCUT2D eigenvalue weighted by molar-refractivity contribution is 9.10. The third-order valence-electron chi connectivity index (χ3n) is 2.47. The number of anilines is 1. The second kappa shape index (κ2) is 7.56. The van der Waals surface area contributed by atoms with Crippen molar-refractivity contribution in [2.24, 2.45) is 0 Å². The van der Waals surface area contributed by atoms with Gasteiger partial charge < -0.3 is 10.6 Å². The van der Waals surface area contributed by atoms with E-state index in [9.17, 15) is 9.59 Å². The molecule has 5 nitrogen and oxygen atoms in total. The Kier molecular flexibility index (Phi) is 6.36. The van der Waals surface area contributed by atoms with Crippen LogP contribution < -0.4 is 10.6 Å². The molecule has 0 bridgehead atoms. The second-order valence-corrected chi connectivity index (χ2v) is 6.94. The van der Waals surface area contributed by atoms with Crippen LogP contribution in [-0.2, 0) is 9.59 Å². The molecule has 0 aliphatic heterocycles. The third-order valence-corrected chi connectivity index (χ3v) is 3.00. The molecule has 0 saturated heterocycles. The van der Waals surface area contributed by atoms with Crippen LogP contribution in [0.3, 0.4) is 0 Å². The van der Waals surface area contributed by atoms with E-state index in [1.54, 1.807) is 11.9 Å². The number of carbonyl (C=O) groups is 2. The lowest BCUT2D eigenvalue weighted by Crippen LogP contribution is -2.46. The second-order valence-electron chi connectivity index (χ2n) is 6.03. The van der Waals surface area contributed by atoms with Crippen molar-refractivity contribution in [3.63, 3.8) is 0 Å². The number of nitrogens with zero attached hydrogens (tertiary/aromatic N) is 1. The summed E-state index contributed by atoms with van der Waals surface area (Å²) in [5.74, 6) is -0.246. The standard InChI is InChI=1S/C15H22BrN3O2/c1-15(2,3)18-14(21)10-19(4)9-13(20)17-12-7-5-11(16)6-8-12/h5-8H,9-10H2,1-4H3,(H,17,20)(H,18,21). The predicted octanol–water partition coefficient (Wildman–Crippen LogP) is 2.23. The molecule has 0 saturated carbocycles. The summed E-state index contributed by atoms with van der Waals surface area (Å²) in [7, 11) is 1.74. The van der Waals surface area contributed by atoms with Gasteiger partial charge in [0.1, 0.15) is 0 Å². The summed E-state index contributed by atoms with van der Waals surface area (Å²) in [5, 5.41) is 5.65. The zero-order chi connectivity index (χ0) is 16.0. The average Bonchev–Trinajstić information content (AvgIpc) is 2.28. The molecular weight excluding hydrogens is 334 g/mol. The number of benzene rings is 1. The maximum absolute atomic E-state index is 11.9. The molecule has 0 heterocycles. The van der Waals surface area contributed by atoms with E-state index >= 15 is 0 Å². The number of carbonyl (C=O) groups excluding carboxylic acids is 2. The van der Waals surface area contributed by atoms with Crippen LogP contribution in [0.25, 0.3) is 0 Å². The Morgan fingerprint density at radius 2 is 1.62 bits per heavy atom. The monoisotopic (exact) mass is 355 g/mol. The Hall–Kier alpha value is -1.40. The van der Waals surface area contributed by atoms with Crippen molar-refractivity contribution in [2.45, 2.75) is 26.3 Å². The number of likely N-dealkylation sites (N-methyl/N-ethyl adjacent to an activating group) is 1. The fraction of sp³-hybridized carbons (Fsp3) is 0.467. The van der Waals surface area contributed by atoms with Crippen molar-refractivity contribution >= 4 is 33.4 Å². The van der Waals surface area contributed by atoms with Crippen molar-refractivity contribution in [3.05, 3.63) is 28.7 Å². The van der Waals surface area contributed by atoms with Gasteiger partial charge in [-0.3, -0.25) is 14.5 Å². The molecule has 1 aromatic rings. The SMILES string of the molecule is CN(CC(=O)Nc1ccc(Br)cc1)CC(=O)NC(C)(C)C. The van der Waals surface area contributed by atoms with Crippen LogP contribution in [0.4, 0.5) is 5.69 Å². The van der Waals surface area contributed by atoms with Crippen molar-refractivity contribution in [3.8, 4) is 0 Å². The Bertz CT molecular complexity index is 495. The van der Waals surface area contributed by atoms with E-state index in [2.05, 4.69) is 26.6 Å². The molecule has 2 amide bonds. The molecule has 0 aliphatic rings. The fourth-order valence-corrected chi connectivity index (χ4v) is 2.00. The molecule has 0 spiro atoms. The minimum absolute atomic E-state index is 0.0959. The largest absolute Gasteiger partial charge is 0.350 e. The van der Waals surface area contributed by atoms with Crippen LogP contribution in [0, 0.1) is 0 Å². The number of rotatable bonds is 5. The smallest absolute Gasteiger partial charge is 0.238 e. The van der Waals surface area contributed by atoms with Crippen LogP contribution in [0.15, 0.2) is 28.7 Å². The lowest BCUT2D eigenvalue weighted by Gasteiger charge is -2.23. The first-order valence-electron chi connectivity index (χ1n) is 6.71. The van der Waals surface area contributed by atoms with E-state index in [1.165, 1.54) is 0 Å². The Morgan fingerprint density at radius 1 is 1.10 bits per heavy atom. The summed E-state index contributed by atoms with van der Waals surface area (Å²) < 4.78 is 0.955. The highest BCUT2D eigenvalue weighted by Gasteiger charge is 2.16. The predicted molar refractivity (Wildman–Crippen MR) is 88.2 cm³/mol. The zero-order valence-electron chi connectivity index (χ0n) is 12.9. The van der Waals surface area contributed by atoms with Crippen LogP contribution >= 0.6 is 15.9 Å². The van der Waals surface area contributed by atoms with Gasteiger partial charge in [0.2, 0.25) is 11.8 Å². The molecular formula is C15H22BrN3O2. The van der Waals surface area contributed by atoms with Crippen molar-refractivity contribution < 1.29 is 9.59 Å². The van der Waals surface area contributed by atoms with Gasteiger partial charge in [0.15, 0.2) is 0 Å². The van der Waals surface area contributed by atoms with Gasteiger partial charge in [-0.25, -0.2) is 0 Å². The summed E-state index contributed by atoms with van der Waals surface area (Å²) >= 11 is 3.34. The molecule has 0 atom stereocenters. The minimum atomic E-state index is -0.266. The first-order chi connectivity index (χ1) is 9.65. The number of halogens is 1. The Labute approximate surface area is 134 Å². The van der Waals surface area contributed by atoms with Gasteiger partial charge in [0.05, 0.1) is 13.1 Å². The van der Waals surface area contributed by atoms with E-state index in [4.69, 9.17) is 0 Å². The van der Waals surface area contributed by atoms with E-state index in [0.29, 0.717) is 0 Å². The summed E-state index contributed by atoms with van der Waals surface area (Å²) in [6, 6.07) is 7.34. The van der Waals surface area contributed by atoms with Crippen LogP contribution in [0.5, 0.6) is 0 Å². The van der Waals surface area contributed by atoms with E-state index < -0.39 is 0 Å². The van der Waals surface area contributed by atoms with Crippen molar-refractivity contribution in [1.29, 1.82) is 0 Å². The normalized spacial score (nSPS) is 11.3. The fourth-order valence-electron chi connectivity index (χ4n) is 1.74. The maximum Gasteiger partial charge on any atom is 0.238 e. The van der Waals surface area contributed by atoms with Crippen molar-refractivity contribution in [2.75, 3.05) is 25.5 Å². The lowest BCUT2D eigenvalue weighted by atomic mass is 10.1. The first kappa shape index (κ1) is 17.7. The molecule has 116 valence electrons. The molecule has 6 heteroatoms. The molecule has 1 rings (SSSR count). The summed E-state index contributed by atoms with van der Waals surface area (Å²) in [6.45, 7) is 6.11. The van der Waals surface area contributed by atoms with Gasteiger partial charge in [-0.2, -0.15) is 0 Å². The number of nitrogens with one attached hydrogen (secondary N) is 2. The van der Waals surface area contributed by atoms with Gasteiger partial charge in [0.25, 0.3) is 0 Å². The van der Waals surface area contributed by atoms with E-state index in [1.807, 2.05) is 45.0 Å². The molecule has 2 N–H and O–H groups in total. The quantitative estimate of drug-likeness (QED) is 0.851. The van der Waals surface area contributed by atoms with E-state index in [-0.39, 0.29) is 30.4 Å². The van der Waals surface area contributed by atoms with Gasteiger partial charge >= 0.3 is 0 Å². The Balaban J connectivity index is 2.40. The highest BCUT2D eigenvalue weighted by Crippen LogP contribution is 2.13. The summed E-state index contributed by atoms with van der Waals surface area (Å²) in [5.41, 5.74) is 0.466. The lowest BCUT2D eigenvalue weighted by molar-refractivity contribution is -0.124. The molecule has 1 aromatic carbocycles. The molecule has 0 aliphatic carbocycles. The molecule has 0 aromatic heterocycles. The average molecular weight is 356 g/mol. The molecule has 0 radical (unpaired) electrons. The highest BCUT2D eigenvalue weighted by atomic mass is 79.9. The van der Waals surface area contributed by atoms with Gasteiger partial charge in [-0.1, -0.05) is 15.9 Å². The molecule has 0 fully saturated rings. The van der Waals surface area contributed by atoms with Crippen LogP contribution in [0.2, 0.25) is 0 Å². The molecule has 21 heavy (non-hydrogen) atoms. The maximum atomic E-state index is 11.9. The van der Waals surface area contributed by atoms with Crippen LogP contribution in [0.1, 0.15) is 20.8 Å². The number of amides is 2. The van der Waals surface area contributed by atoms with Gasteiger partial charge in [-0.05, 0) is 52.1 Å². The van der Waals surface area contributed by atoms with Gasteiger partial charge in [-0.15, -0.1) is 0 Å². The number of hydrogen-bond acceptors (Lipinski definition) is 3. The van der Waals surface area contributed by atoms with Crippen molar-refractivity contribution in [1.82, 2.24) is 10.2 Å². The molecule has 0 unspecified atom stereocenters. The van der Waals surface area contributed by atoms with Crippen LogP contribution in [-0.4, -0.2) is 42.4 Å². The zero-order valence-corrected chi connectivity index (χ0v) is 14.5. The minimum Gasteiger partial charge on any atom is -0.350 e. The van der Waals surface area contributed by atoms with Gasteiger partial charge in [0, 0.05) is 15.7 Å². The Morgan fingerprint density at radius 3 is 2.14 bits per heavy atom. The van der Waals surface area contributed by atoms with E-state index in [0.717, 1.165) is 10.2 Å².